The fourth-order valence-corrected chi connectivity index (χ4v) is 3.86. The summed E-state index contributed by atoms with van der Waals surface area (Å²) >= 11 is 0. The molecule has 3 rings (SSSR count). The first-order valence-corrected chi connectivity index (χ1v) is 12.0. The Morgan fingerprint density at radius 1 is 0.897 bits per heavy atom. The summed E-state index contributed by atoms with van der Waals surface area (Å²) in [7, 11) is 0. The number of amides is 1. The fourth-order valence-electron chi connectivity index (χ4n) is 3.86. The molecule has 208 valence electrons. The van der Waals surface area contributed by atoms with Crippen LogP contribution in [0.3, 0.4) is 0 Å². The zero-order chi connectivity index (χ0) is 28.5. The third kappa shape index (κ3) is 8.54. The molecular formula is C27H29NO11. The first-order valence-electron chi connectivity index (χ1n) is 12.0. The predicted molar refractivity (Wildman–Crippen MR) is 133 cm³/mol. The number of carbonyl (C=O) groups excluding carboxylic acids is 5. The van der Waals surface area contributed by atoms with Gasteiger partial charge < -0.3 is 33.4 Å². The molecule has 0 spiro atoms. The van der Waals surface area contributed by atoms with Crippen LogP contribution in [-0.2, 0) is 38.1 Å². The number of hydrogen-bond acceptors (Lipinski definition) is 11. The van der Waals surface area contributed by atoms with E-state index in [0.717, 1.165) is 13.8 Å². The van der Waals surface area contributed by atoms with Crippen molar-refractivity contribution in [2.75, 3.05) is 6.61 Å². The first kappa shape index (κ1) is 29.1. The number of benzene rings is 1. The fraction of sp³-hybridized carbons (Fsp3) is 0.370. The van der Waals surface area contributed by atoms with E-state index in [1.807, 2.05) is 0 Å². The minimum absolute atomic E-state index is 0.251. The molecule has 1 aliphatic rings. The number of ketones is 1. The summed E-state index contributed by atoms with van der Waals surface area (Å²) in [6.07, 6.45) is -0.459. The minimum Gasteiger partial charge on any atom is -0.465 e. The number of rotatable bonds is 10. The van der Waals surface area contributed by atoms with Crippen molar-refractivity contribution in [2.24, 2.45) is 0 Å². The molecule has 12 heteroatoms. The molecule has 2 aromatic rings. The highest BCUT2D eigenvalue weighted by Crippen LogP contribution is 2.29. The topological polar surface area (TPSA) is 157 Å². The Bertz CT molecular complexity index is 1200. The molecule has 1 amide bonds. The van der Waals surface area contributed by atoms with E-state index in [1.54, 1.807) is 18.2 Å². The Kier molecular flexibility index (Phi) is 9.98. The van der Waals surface area contributed by atoms with Crippen molar-refractivity contribution in [1.29, 1.82) is 0 Å². The molecule has 2 heterocycles. The van der Waals surface area contributed by atoms with Gasteiger partial charge in [0.25, 0.3) is 0 Å². The standard InChI is InChI=1S/C27H29NO11/c1-15(29)28-24-26(37-18(4)32)25(36-17(3)31)23(14-35-16(2)30)39-27(24)38-21-9-7-19(8-10-21)22(33)12-11-20-6-5-13-34-20/h5-13,23-27H,14H2,1-4H3,(H,28,29)/b12-11+/t23-,24-,25-,26-,27-/m1/s1. The molecule has 0 saturated carbocycles. The molecule has 0 radical (unpaired) electrons. The summed E-state index contributed by atoms with van der Waals surface area (Å²) in [5, 5.41) is 2.62. The second kappa shape index (κ2) is 13.4. The van der Waals surface area contributed by atoms with Crippen LogP contribution in [0.15, 0.2) is 53.2 Å². The molecule has 0 unspecified atom stereocenters. The van der Waals surface area contributed by atoms with Crippen molar-refractivity contribution in [2.45, 2.75) is 58.3 Å². The van der Waals surface area contributed by atoms with E-state index in [-0.39, 0.29) is 18.1 Å². The molecule has 1 saturated heterocycles. The van der Waals surface area contributed by atoms with E-state index < -0.39 is 54.5 Å². The van der Waals surface area contributed by atoms with E-state index in [2.05, 4.69) is 5.32 Å². The average molecular weight is 544 g/mol. The number of carbonyl (C=O) groups is 5. The molecule has 1 N–H and O–H groups in total. The number of allylic oxidation sites excluding steroid dienone is 1. The van der Waals surface area contributed by atoms with Crippen LogP contribution in [-0.4, -0.2) is 66.8 Å². The monoisotopic (exact) mass is 543 g/mol. The Hall–Kier alpha value is -4.45. The van der Waals surface area contributed by atoms with Crippen molar-refractivity contribution < 1.29 is 52.1 Å². The van der Waals surface area contributed by atoms with Gasteiger partial charge in [-0.15, -0.1) is 0 Å². The van der Waals surface area contributed by atoms with Crippen LogP contribution in [0.2, 0.25) is 0 Å². The summed E-state index contributed by atoms with van der Waals surface area (Å²) in [5.74, 6) is -2.05. The van der Waals surface area contributed by atoms with Crippen molar-refractivity contribution in [1.82, 2.24) is 5.32 Å². The third-order valence-corrected chi connectivity index (χ3v) is 5.40. The molecule has 5 atom stereocenters. The maximum Gasteiger partial charge on any atom is 0.303 e. The maximum atomic E-state index is 12.5. The van der Waals surface area contributed by atoms with Crippen molar-refractivity contribution in [3.05, 3.63) is 60.1 Å². The lowest BCUT2D eigenvalue weighted by Crippen LogP contribution is -2.67. The Morgan fingerprint density at radius 3 is 2.13 bits per heavy atom. The van der Waals surface area contributed by atoms with Crippen molar-refractivity contribution in [3.63, 3.8) is 0 Å². The quantitative estimate of drug-likeness (QED) is 0.203. The molecule has 12 nitrogen and oxygen atoms in total. The second-order valence-corrected chi connectivity index (χ2v) is 8.58. The van der Waals surface area contributed by atoms with E-state index in [1.165, 1.54) is 50.5 Å². The van der Waals surface area contributed by atoms with Gasteiger partial charge in [0.05, 0.1) is 6.26 Å². The van der Waals surface area contributed by atoms with Crippen molar-refractivity contribution >= 4 is 35.7 Å². The van der Waals surface area contributed by atoms with Gasteiger partial charge in [0.1, 0.15) is 30.3 Å². The van der Waals surface area contributed by atoms with Gasteiger partial charge in [0, 0.05) is 33.3 Å². The number of hydrogen-bond donors (Lipinski definition) is 1. The lowest BCUT2D eigenvalue weighted by molar-refractivity contribution is -0.257. The van der Waals surface area contributed by atoms with E-state index in [0.29, 0.717) is 11.3 Å². The van der Waals surface area contributed by atoms with Gasteiger partial charge >= 0.3 is 17.9 Å². The molecule has 39 heavy (non-hydrogen) atoms. The van der Waals surface area contributed by atoms with Crippen LogP contribution in [0, 0.1) is 0 Å². The summed E-state index contributed by atoms with van der Waals surface area (Å²) in [4.78, 5) is 59.8. The predicted octanol–water partition coefficient (Wildman–Crippen LogP) is 2.21. The Balaban J connectivity index is 1.86. The maximum absolute atomic E-state index is 12.5. The smallest absolute Gasteiger partial charge is 0.303 e. The highest BCUT2D eigenvalue weighted by molar-refractivity contribution is 6.06. The lowest BCUT2D eigenvalue weighted by atomic mass is 9.96. The van der Waals surface area contributed by atoms with Gasteiger partial charge in [-0.05, 0) is 48.6 Å². The normalized spacial score (nSPS) is 22.5. The van der Waals surface area contributed by atoms with Gasteiger partial charge in [0.2, 0.25) is 12.2 Å². The molecule has 0 bridgehead atoms. The highest BCUT2D eigenvalue weighted by atomic mass is 16.7. The van der Waals surface area contributed by atoms with Crippen LogP contribution in [0.25, 0.3) is 6.08 Å². The second-order valence-electron chi connectivity index (χ2n) is 8.58. The highest BCUT2D eigenvalue weighted by Gasteiger charge is 2.51. The van der Waals surface area contributed by atoms with Crippen LogP contribution in [0.1, 0.15) is 43.8 Å². The van der Waals surface area contributed by atoms with Crippen molar-refractivity contribution in [3.8, 4) is 5.75 Å². The number of furan rings is 1. The van der Waals surface area contributed by atoms with Gasteiger partial charge in [0.15, 0.2) is 18.0 Å². The van der Waals surface area contributed by atoms with Crippen LogP contribution < -0.4 is 10.1 Å². The third-order valence-electron chi connectivity index (χ3n) is 5.40. The Labute approximate surface area is 224 Å². The zero-order valence-electron chi connectivity index (χ0n) is 21.8. The van der Waals surface area contributed by atoms with Gasteiger partial charge in [-0.1, -0.05) is 0 Å². The molecule has 1 aromatic carbocycles. The van der Waals surface area contributed by atoms with Gasteiger partial charge in [-0.3, -0.25) is 24.0 Å². The number of ether oxygens (including phenoxy) is 5. The molecule has 1 aliphatic heterocycles. The van der Waals surface area contributed by atoms with Gasteiger partial charge in [-0.2, -0.15) is 0 Å². The zero-order valence-corrected chi connectivity index (χ0v) is 21.8. The van der Waals surface area contributed by atoms with Gasteiger partial charge in [-0.25, -0.2) is 0 Å². The summed E-state index contributed by atoms with van der Waals surface area (Å²) in [6.45, 7) is 4.37. The summed E-state index contributed by atoms with van der Waals surface area (Å²) in [5.41, 5.74) is 0.369. The molecule has 0 aliphatic carbocycles. The lowest BCUT2D eigenvalue weighted by Gasteiger charge is -2.44. The minimum atomic E-state index is -1.27. The largest absolute Gasteiger partial charge is 0.465 e. The SMILES string of the molecule is CC(=O)N[C@H]1[C@H](Oc2ccc(C(=O)/C=C/c3ccco3)cc2)O[C@H](COC(C)=O)[C@@H](OC(C)=O)[C@@H]1OC(C)=O. The molecule has 1 fully saturated rings. The first-order chi connectivity index (χ1) is 18.5. The Morgan fingerprint density at radius 2 is 1.56 bits per heavy atom. The van der Waals surface area contributed by atoms with Crippen LogP contribution in [0.4, 0.5) is 0 Å². The molecule has 1 aromatic heterocycles. The average Bonchev–Trinajstić information content (AvgIpc) is 3.38. The van der Waals surface area contributed by atoms with E-state index in [9.17, 15) is 24.0 Å². The molecular weight excluding hydrogens is 514 g/mol. The van der Waals surface area contributed by atoms with E-state index in [4.69, 9.17) is 28.1 Å². The number of nitrogens with one attached hydrogen (secondary N) is 1. The summed E-state index contributed by atoms with van der Waals surface area (Å²) < 4.78 is 33.0. The number of esters is 3. The van der Waals surface area contributed by atoms with E-state index >= 15 is 0 Å². The van der Waals surface area contributed by atoms with Crippen LogP contribution >= 0.6 is 0 Å². The summed E-state index contributed by atoms with van der Waals surface area (Å²) in [6, 6.07) is 8.38. The van der Waals surface area contributed by atoms with Crippen LogP contribution in [0.5, 0.6) is 5.75 Å².